The number of anilines is 1. The summed E-state index contributed by atoms with van der Waals surface area (Å²) < 4.78 is 5.66. The first-order valence-electron chi connectivity index (χ1n) is 8.35. The fraction of sp³-hybridized carbons (Fsp3) is 0.136. The molecule has 0 aliphatic rings. The fourth-order valence-electron chi connectivity index (χ4n) is 2.57. The van der Waals surface area contributed by atoms with Crippen LogP contribution in [0.4, 0.5) is 5.69 Å². The minimum atomic E-state index is -0.138. The van der Waals surface area contributed by atoms with Gasteiger partial charge in [-0.15, -0.1) is 0 Å². The Bertz CT molecular complexity index is 839. The van der Waals surface area contributed by atoms with Crippen LogP contribution in [0, 0.1) is 0 Å². The Morgan fingerprint density at radius 2 is 1.52 bits per heavy atom. The summed E-state index contributed by atoms with van der Waals surface area (Å²) in [6.45, 7) is 3.94. The summed E-state index contributed by atoms with van der Waals surface area (Å²) in [5, 5.41) is 2.91. The summed E-state index contributed by atoms with van der Waals surface area (Å²) >= 11 is 0. The topological polar surface area (TPSA) is 38.3 Å². The molecule has 3 aromatic rings. The van der Waals surface area contributed by atoms with Crippen LogP contribution in [0.25, 0.3) is 11.1 Å². The van der Waals surface area contributed by atoms with Gasteiger partial charge in [0.25, 0.3) is 5.91 Å². The van der Waals surface area contributed by atoms with Crippen molar-refractivity contribution in [1.29, 1.82) is 0 Å². The molecule has 0 heterocycles. The summed E-state index contributed by atoms with van der Waals surface area (Å²) in [6, 6.07) is 25.1. The van der Waals surface area contributed by atoms with Gasteiger partial charge in [0.15, 0.2) is 0 Å². The van der Waals surface area contributed by atoms with Gasteiger partial charge in [-0.05, 0) is 49.2 Å². The largest absolute Gasteiger partial charge is 0.491 e. The lowest BCUT2D eigenvalue weighted by Gasteiger charge is -2.11. The molecule has 1 amide bonds. The lowest BCUT2D eigenvalue weighted by Crippen LogP contribution is -2.12. The summed E-state index contributed by atoms with van der Waals surface area (Å²) in [7, 11) is 0. The molecule has 0 aliphatic carbocycles. The predicted molar refractivity (Wildman–Crippen MR) is 102 cm³/mol. The van der Waals surface area contributed by atoms with Crippen LogP contribution in [0.5, 0.6) is 5.75 Å². The molecular weight excluding hydrogens is 310 g/mol. The molecule has 0 aliphatic heterocycles. The average molecular weight is 331 g/mol. The molecule has 3 rings (SSSR count). The number of carbonyl (C=O) groups excluding carboxylic acids is 1. The van der Waals surface area contributed by atoms with Crippen molar-refractivity contribution in [2.45, 2.75) is 20.0 Å². The van der Waals surface area contributed by atoms with Gasteiger partial charge in [0.1, 0.15) is 5.75 Å². The predicted octanol–water partition coefficient (Wildman–Crippen LogP) is 5.39. The van der Waals surface area contributed by atoms with Crippen molar-refractivity contribution in [3.05, 3.63) is 84.4 Å². The highest BCUT2D eigenvalue weighted by atomic mass is 16.5. The highest BCUT2D eigenvalue weighted by Gasteiger charge is 2.08. The third-order valence-corrected chi connectivity index (χ3v) is 3.72. The molecule has 0 spiro atoms. The number of rotatable bonds is 5. The lowest BCUT2D eigenvalue weighted by atomic mass is 10.0. The first-order valence-corrected chi connectivity index (χ1v) is 8.35. The lowest BCUT2D eigenvalue weighted by molar-refractivity contribution is 0.102. The van der Waals surface area contributed by atoms with Crippen LogP contribution >= 0.6 is 0 Å². The van der Waals surface area contributed by atoms with E-state index in [1.54, 1.807) is 0 Å². The van der Waals surface area contributed by atoms with Crippen molar-refractivity contribution in [2.75, 3.05) is 5.32 Å². The Morgan fingerprint density at radius 3 is 2.20 bits per heavy atom. The zero-order chi connectivity index (χ0) is 17.6. The molecule has 0 atom stereocenters. The van der Waals surface area contributed by atoms with Crippen LogP contribution < -0.4 is 10.1 Å². The van der Waals surface area contributed by atoms with Crippen LogP contribution in [0.3, 0.4) is 0 Å². The van der Waals surface area contributed by atoms with Gasteiger partial charge in [-0.3, -0.25) is 4.79 Å². The second-order valence-corrected chi connectivity index (χ2v) is 6.09. The molecule has 3 aromatic carbocycles. The number of hydrogen-bond donors (Lipinski definition) is 1. The molecular formula is C22H21NO2. The Kier molecular flexibility index (Phi) is 5.14. The van der Waals surface area contributed by atoms with Gasteiger partial charge < -0.3 is 10.1 Å². The number of ether oxygens (including phenoxy) is 1. The van der Waals surface area contributed by atoms with E-state index < -0.39 is 0 Å². The van der Waals surface area contributed by atoms with Gasteiger partial charge in [-0.25, -0.2) is 0 Å². The van der Waals surface area contributed by atoms with Crippen LogP contribution in [-0.2, 0) is 0 Å². The Labute approximate surface area is 148 Å². The van der Waals surface area contributed by atoms with E-state index in [-0.39, 0.29) is 12.0 Å². The minimum absolute atomic E-state index is 0.0940. The number of nitrogens with one attached hydrogen (secondary N) is 1. The van der Waals surface area contributed by atoms with Gasteiger partial charge in [0.2, 0.25) is 0 Å². The van der Waals surface area contributed by atoms with E-state index in [9.17, 15) is 4.79 Å². The van der Waals surface area contributed by atoms with Crippen LogP contribution in [0.1, 0.15) is 24.2 Å². The quantitative estimate of drug-likeness (QED) is 0.680. The van der Waals surface area contributed by atoms with Gasteiger partial charge in [-0.2, -0.15) is 0 Å². The standard InChI is InChI=1S/C22H21NO2/c1-16(2)25-21-10-6-9-20(15-21)23-22(24)19-13-11-18(12-14-19)17-7-4-3-5-8-17/h3-16H,1-2H3,(H,23,24). The maximum Gasteiger partial charge on any atom is 0.255 e. The third-order valence-electron chi connectivity index (χ3n) is 3.72. The first-order chi connectivity index (χ1) is 12.1. The zero-order valence-corrected chi connectivity index (χ0v) is 14.4. The second-order valence-electron chi connectivity index (χ2n) is 6.09. The number of benzene rings is 3. The van der Waals surface area contributed by atoms with E-state index in [0.29, 0.717) is 5.56 Å². The zero-order valence-electron chi connectivity index (χ0n) is 14.4. The van der Waals surface area contributed by atoms with Crippen LogP contribution in [-0.4, -0.2) is 12.0 Å². The van der Waals surface area contributed by atoms with E-state index in [4.69, 9.17) is 4.74 Å². The summed E-state index contributed by atoms with van der Waals surface area (Å²) in [5.41, 5.74) is 3.56. The molecule has 1 N–H and O–H groups in total. The van der Waals surface area contributed by atoms with Gasteiger partial charge >= 0.3 is 0 Å². The van der Waals surface area contributed by atoms with Gasteiger partial charge in [-0.1, -0.05) is 48.5 Å². The smallest absolute Gasteiger partial charge is 0.255 e. The molecule has 126 valence electrons. The minimum Gasteiger partial charge on any atom is -0.491 e. The normalized spacial score (nSPS) is 10.5. The average Bonchev–Trinajstić information content (AvgIpc) is 2.62. The molecule has 3 nitrogen and oxygen atoms in total. The Hall–Kier alpha value is -3.07. The highest BCUT2D eigenvalue weighted by molar-refractivity contribution is 6.04. The maximum atomic E-state index is 12.4. The number of carbonyl (C=O) groups is 1. The molecule has 0 bridgehead atoms. The molecule has 0 fully saturated rings. The van der Waals surface area contributed by atoms with E-state index in [1.807, 2.05) is 80.6 Å². The maximum absolute atomic E-state index is 12.4. The second kappa shape index (κ2) is 7.67. The Balaban J connectivity index is 1.71. The van der Waals surface area contributed by atoms with Crippen molar-refractivity contribution < 1.29 is 9.53 Å². The van der Waals surface area contributed by atoms with E-state index in [0.717, 1.165) is 22.6 Å². The van der Waals surface area contributed by atoms with Gasteiger partial charge in [0.05, 0.1) is 6.10 Å². The molecule has 0 unspecified atom stereocenters. The van der Waals surface area contributed by atoms with E-state index in [1.165, 1.54) is 0 Å². The monoisotopic (exact) mass is 331 g/mol. The Morgan fingerprint density at radius 1 is 0.840 bits per heavy atom. The SMILES string of the molecule is CC(C)Oc1cccc(NC(=O)c2ccc(-c3ccccc3)cc2)c1. The van der Waals surface area contributed by atoms with Crippen LogP contribution in [0.2, 0.25) is 0 Å². The molecule has 3 heteroatoms. The molecule has 0 aromatic heterocycles. The fourth-order valence-corrected chi connectivity index (χ4v) is 2.57. The van der Waals surface area contributed by atoms with Gasteiger partial charge in [0, 0.05) is 17.3 Å². The number of amides is 1. The third kappa shape index (κ3) is 4.48. The number of hydrogen-bond acceptors (Lipinski definition) is 2. The molecule has 0 saturated heterocycles. The van der Waals surface area contributed by atoms with E-state index in [2.05, 4.69) is 17.4 Å². The van der Waals surface area contributed by atoms with Crippen LogP contribution in [0.15, 0.2) is 78.9 Å². The summed E-state index contributed by atoms with van der Waals surface area (Å²) in [5.74, 6) is 0.605. The van der Waals surface area contributed by atoms with Crippen molar-refractivity contribution >= 4 is 11.6 Å². The molecule has 0 radical (unpaired) electrons. The van der Waals surface area contributed by atoms with Crippen molar-refractivity contribution in [3.8, 4) is 16.9 Å². The summed E-state index contributed by atoms with van der Waals surface area (Å²) in [4.78, 5) is 12.4. The molecule has 0 saturated carbocycles. The van der Waals surface area contributed by atoms with E-state index >= 15 is 0 Å². The van der Waals surface area contributed by atoms with Crippen molar-refractivity contribution in [3.63, 3.8) is 0 Å². The van der Waals surface area contributed by atoms with Crippen molar-refractivity contribution in [1.82, 2.24) is 0 Å². The summed E-state index contributed by atoms with van der Waals surface area (Å²) in [6.07, 6.45) is 0.0940. The first kappa shape index (κ1) is 16.8. The molecule has 25 heavy (non-hydrogen) atoms. The van der Waals surface area contributed by atoms with Crippen molar-refractivity contribution in [2.24, 2.45) is 0 Å². The highest BCUT2D eigenvalue weighted by Crippen LogP contribution is 2.21.